The number of unbranched alkanes of at least 4 members (excludes halogenated alkanes) is 40. The van der Waals surface area contributed by atoms with Gasteiger partial charge in [-0.3, -0.25) is 37.3 Å². The summed E-state index contributed by atoms with van der Waals surface area (Å²) in [7, 11) is -9.94. The van der Waals surface area contributed by atoms with E-state index >= 15 is 0 Å². The van der Waals surface area contributed by atoms with Gasteiger partial charge in [-0.05, 0) is 109 Å². The molecule has 0 fully saturated rings. The van der Waals surface area contributed by atoms with E-state index in [4.69, 9.17) is 37.0 Å². The summed E-state index contributed by atoms with van der Waals surface area (Å²) in [4.78, 5) is 72.8. The number of hydrogen-bond acceptors (Lipinski definition) is 15. The summed E-state index contributed by atoms with van der Waals surface area (Å²) in [5.41, 5.74) is 0. The van der Waals surface area contributed by atoms with Crippen LogP contribution in [-0.4, -0.2) is 96.7 Å². The van der Waals surface area contributed by atoms with Gasteiger partial charge in [0.25, 0.3) is 0 Å². The van der Waals surface area contributed by atoms with Crippen molar-refractivity contribution >= 4 is 39.5 Å². The van der Waals surface area contributed by atoms with Gasteiger partial charge in [0, 0.05) is 25.7 Å². The number of phosphoric acid groups is 2. The van der Waals surface area contributed by atoms with E-state index in [9.17, 15) is 43.2 Å². The van der Waals surface area contributed by atoms with Crippen molar-refractivity contribution in [3.8, 4) is 0 Å². The highest BCUT2D eigenvalue weighted by atomic mass is 31.2. The Morgan fingerprint density at radius 3 is 0.812 bits per heavy atom. The highest BCUT2D eigenvalue weighted by Gasteiger charge is 2.30. The quantitative estimate of drug-likeness (QED) is 0.0169. The molecule has 3 N–H and O–H groups in total. The molecule has 562 valence electrons. The molecule has 5 atom stereocenters. The predicted octanol–water partition coefficient (Wildman–Crippen LogP) is 22.1. The maximum atomic E-state index is 13.1. The minimum absolute atomic E-state index is 0.0867. The van der Waals surface area contributed by atoms with E-state index < -0.39 is 97.5 Å². The van der Waals surface area contributed by atoms with E-state index in [1.807, 2.05) is 0 Å². The van der Waals surface area contributed by atoms with Crippen LogP contribution in [0.3, 0.4) is 0 Å². The van der Waals surface area contributed by atoms with Crippen LogP contribution in [-0.2, 0) is 65.4 Å². The van der Waals surface area contributed by atoms with Crippen molar-refractivity contribution in [2.24, 2.45) is 0 Å². The molecule has 0 aromatic heterocycles. The summed E-state index contributed by atoms with van der Waals surface area (Å²) in [5.74, 6) is -2.17. The first-order valence-electron chi connectivity index (χ1n) is 38.9. The number of allylic oxidation sites excluding steroid dienone is 8. The lowest BCUT2D eigenvalue weighted by atomic mass is 10.0. The molecule has 0 aliphatic heterocycles. The van der Waals surface area contributed by atoms with Gasteiger partial charge in [0.1, 0.15) is 19.3 Å². The molecule has 0 saturated heterocycles. The van der Waals surface area contributed by atoms with Crippen molar-refractivity contribution in [1.82, 2.24) is 0 Å². The van der Waals surface area contributed by atoms with Crippen molar-refractivity contribution in [1.29, 1.82) is 0 Å². The van der Waals surface area contributed by atoms with Gasteiger partial charge in [-0.1, -0.05) is 275 Å². The minimum Gasteiger partial charge on any atom is -0.462 e. The fourth-order valence-corrected chi connectivity index (χ4v) is 12.3. The maximum absolute atomic E-state index is 13.1. The Morgan fingerprint density at radius 1 is 0.292 bits per heavy atom. The molecular formula is C77H142O17P2. The number of rotatable bonds is 74. The van der Waals surface area contributed by atoms with Crippen molar-refractivity contribution in [3.05, 3.63) is 48.6 Å². The van der Waals surface area contributed by atoms with Gasteiger partial charge in [-0.25, -0.2) is 9.13 Å². The lowest BCUT2D eigenvalue weighted by Crippen LogP contribution is -2.30. The van der Waals surface area contributed by atoms with Crippen molar-refractivity contribution in [3.63, 3.8) is 0 Å². The second-order valence-corrected chi connectivity index (χ2v) is 29.2. The van der Waals surface area contributed by atoms with Gasteiger partial charge in [-0.15, -0.1) is 0 Å². The summed E-state index contributed by atoms with van der Waals surface area (Å²) in [5, 5.41) is 10.6. The smallest absolute Gasteiger partial charge is 0.462 e. The minimum atomic E-state index is -4.97. The van der Waals surface area contributed by atoms with E-state index in [0.29, 0.717) is 25.7 Å². The fourth-order valence-electron chi connectivity index (χ4n) is 10.8. The molecule has 2 unspecified atom stereocenters. The highest BCUT2D eigenvalue weighted by molar-refractivity contribution is 7.47. The lowest BCUT2D eigenvalue weighted by Gasteiger charge is -2.21. The van der Waals surface area contributed by atoms with Crippen LogP contribution in [0, 0.1) is 0 Å². The van der Waals surface area contributed by atoms with E-state index in [1.54, 1.807) is 0 Å². The Balaban J connectivity index is 5.33. The van der Waals surface area contributed by atoms with Crippen LogP contribution in [0.1, 0.15) is 362 Å². The van der Waals surface area contributed by atoms with Gasteiger partial charge in [0.15, 0.2) is 12.2 Å². The molecule has 96 heavy (non-hydrogen) atoms. The average molecular weight is 1400 g/mol. The van der Waals surface area contributed by atoms with Gasteiger partial charge >= 0.3 is 39.5 Å². The SMILES string of the molecule is CCCCC/C=C\C/C=C\CCCCCCCC(=O)OC[C@H](COP(=O)(O)OC[C@@H](O)COP(=O)(O)OC[C@@H](COC(=O)CCCCCCCCCCCCCCC)OC(=O)CCCCCCC/C=C\CCCCCC)OC(=O)CCCCCCC/C=C\CCCCCCCC. The van der Waals surface area contributed by atoms with Crippen LogP contribution >= 0.6 is 15.6 Å². The standard InChI is InChI=1S/C77H142O17P2/c1-5-9-13-17-21-25-29-33-35-39-42-46-50-54-58-62-75(80)88-68-73(94-77(82)64-60-56-52-48-44-40-36-34-30-26-22-18-14-10-6-2)70-92-96(85,86)90-66-71(78)65-89-95(83,84)91-69-72(93-76(81)63-59-55-51-47-43-38-32-28-24-20-16-12-8-4)67-87-74(79)61-57-53-49-45-41-37-31-27-23-19-15-11-7-3/h21,25,28,32-36,71-73,78H,5-20,22-24,26-27,29-31,37-70H2,1-4H3,(H,83,84)(H,85,86)/b25-21-,32-28-,35-33-,36-34-/t71-,72+,73+/m0/s1. The molecule has 0 aliphatic carbocycles. The topological polar surface area (TPSA) is 237 Å². The van der Waals surface area contributed by atoms with Crippen molar-refractivity contribution in [2.75, 3.05) is 39.6 Å². The molecule has 0 aliphatic rings. The van der Waals surface area contributed by atoms with Gasteiger partial charge < -0.3 is 33.8 Å². The lowest BCUT2D eigenvalue weighted by molar-refractivity contribution is -0.161. The first-order chi connectivity index (χ1) is 46.7. The van der Waals surface area contributed by atoms with Gasteiger partial charge in [0.05, 0.1) is 26.4 Å². The second-order valence-electron chi connectivity index (χ2n) is 26.3. The molecule has 0 heterocycles. The molecule has 0 rings (SSSR count). The number of aliphatic hydroxyl groups is 1. The maximum Gasteiger partial charge on any atom is 0.472 e. The normalized spacial score (nSPS) is 14.2. The number of carbonyl (C=O) groups excluding carboxylic acids is 4. The molecule has 19 heteroatoms. The van der Waals surface area contributed by atoms with E-state index in [1.165, 1.54) is 141 Å². The molecule has 0 aromatic carbocycles. The average Bonchev–Trinajstić information content (AvgIpc) is 1.36. The molecule has 0 amide bonds. The monoisotopic (exact) mass is 1400 g/mol. The van der Waals surface area contributed by atoms with E-state index in [-0.39, 0.29) is 25.7 Å². The van der Waals surface area contributed by atoms with Crippen molar-refractivity contribution in [2.45, 2.75) is 380 Å². The van der Waals surface area contributed by atoms with Crippen LogP contribution < -0.4 is 0 Å². The molecular weight excluding hydrogens is 1260 g/mol. The number of esters is 4. The summed E-state index contributed by atoms with van der Waals surface area (Å²) in [6.45, 7) is 4.86. The zero-order valence-electron chi connectivity index (χ0n) is 61.3. The Hall–Kier alpha value is -2.98. The highest BCUT2D eigenvalue weighted by Crippen LogP contribution is 2.45. The first-order valence-corrected chi connectivity index (χ1v) is 41.9. The molecule has 0 spiro atoms. The molecule has 0 saturated carbocycles. The van der Waals surface area contributed by atoms with Crippen molar-refractivity contribution < 1.29 is 80.2 Å². The predicted molar refractivity (Wildman–Crippen MR) is 390 cm³/mol. The molecule has 17 nitrogen and oxygen atoms in total. The third-order valence-corrected chi connectivity index (χ3v) is 18.7. The van der Waals surface area contributed by atoms with Gasteiger partial charge in [-0.2, -0.15) is 0 Å². The number of hydrogen-bond donors (Lipinski definition) is 3. The van der Waals surface area contributed by atoms with Crippen LogP contribution in [0.4, 0.5) is 0 Å². The van der Waals surface area contributed by atoms with E-state index in [0.717, 1.165) is 141 Å². The number of carbonyl (C=O) groups is 4. The third-order valence-electron chi connectivity index (χ3n) is 16.8. The fraction of sp³-hybridized carbons (Fsp3) is 0.844. The third kappa shape index (κ3) is 69.5. The van der Waals surface area contributed by atoms with Crippen LogP contribution in [0.15, 0.2) is 48.6 Å². The summed E-state index contributed by atoms with van der Waals surface area (Å²) < 4.78 is 68.5. The largest absolute Gasteiger partial charge is 0.472 e. The Bertz CT molecular complexity index is 2010. The number of phosphoric ester groups is 2. The summed E-state index contributed by atoms with van der Waals surface area (Å²) >= 11 is 0. The van der Waals surface area contributed by atoms with E-state index in [2.05, 4.69) is 76.3 Å². The Morgan fingerprint density at radius 2 is 0.510 bits per heavy atom. The summed E-state index contributed by atoms with van der Waals surface area (Å²) in [6.07, 6.45) is 66.6. The number of ether oxygens (including phenoxy) is 4. The van der Waals surface area contributed by atoms with Gasteiger partial charge in [0.2, 0.25) is 0 Å². The second kappa shape index (κ2) is 70.5. The molecule has 0 bridgehead atoms. The van der Waals surface area contributed by atoms with Crippen LogP contribution in [0.25, 0.3) is 0 Å². The zero-order valence-corrected chi connectivity index (χ0v) is 63.1. The molecule has 0 radical (unpaired) electrons. The first kappa shape index (κ1) is 93.0. The zero-order chi connectivity index (χ0) is 70.4. The van der Waals surface area contributed by atoms with Crippen LogP contribution in [0.2, 0.25) is 0 Å². The number of aliphatic hydroxyl groups excluding tert-OH is 1. The Labute approximate surface area is 585 Å². The molecule has 0 aromatic rings. The van der Waals surface area contributed by atoms with Crippen LogP contribution in [0.5, 0.6) is 0 Å². The summed E-state index contributed by atoms with van der Waals surface area (Å²) in [6, 6.07) is 0. The Kier molecular flexibility index (Phi) is 68.3.